The van der Waals surface area contributed by atoms with Gasteiger partial charge in [0.05, 0.1) is 0 Å². The first-order valence-corrected chi connectivity index (χ1v) is 7.32. The first kappa shape index (κ1) is 16.1. The van der Waals surface area contributed by atoms with Gasteiger partial charge >= 0.3 is 5.97 Å². The third kappa shape index (κ3) is 3.30. The molecule has 0 aliphatic carbocycles. The van der Waals surface area contributed by atoms with E-state index in [0.29, 0.717) is 5.75 Å². The molecule has 0 atom stereocenters. The van der Waals surface area contributed by atoms with Crippen LogP contribution in [-0.4, -0.2) is 16.7 Å². The lowest BCUT2D eigenvalue weighted by Gasteiger charge is -2.27. The number of carbonyl (C=O) groups is 1. The number of rotatable bonds is 5. The Morgan fingerprint density at radius 1 is 0.864 bits per heavy atom. The number of hydrogen-bond acceptors (Lipinski definition) is 2. The van der Waals surface area contributed by atoms with Crippen molar-refractivity contribution in [3.8, 4) is 5.75 Å². The maximum atomic E-state index is 11.1. The van der Waals surface area contributed by atoms with Crippen LogP contribution in [0.1, 0.15) is 38.8 Å². The molecule has 2 aromatic rings. The minimum absolute atomic E-state index is 0.123. The highest BCUT2D eigenvalue weighted by Crippen LogP contribution is 2.32. The Morgan fingerprint density at radius 3 is 1.86 bits per heavy atom. The molecule has 0 unspecified atom stereocenters. The van der Waals surface area contributed by atoms with E-state index in [1.807, 2.05) is 42.5 Å². The van der Waals surface area contributed by atoms with Gasteiger partial charge in [-0.25, -0.2) is 4.79 Å². The van der Waals surface area contributed by atoms with Crippen LogP contribution in [0, 0.1) is 0 Å². The van der Waals surface area contributed by atoms with Gasteiger partial charge in [0.25, 0.3) is 0 Å². The van der Waals surface area contributed by atoms with Crippen molar-refractivity contribution < 1.29 is 14.6 Å². The van der Waals surface area contributed by atoms with Crippen LogP contribution in [-0.2, 0) is 10.2 Å². The Balaban J connectivity index is 2.24. The zero-order valence-electron chi connectivity index (χ0n) is 13.5. The van der Waals surface area contributed by atoms with Crippen molar-refractivity contribution in [2.24, 2.45) is 0 Å². The highest BCUT2D eigenvalue weighted by atomic mass is 16.5. The molecule has 0 saturated heterocycles. The second-order valence-electron chi connectivity index (χ2n) is 6.43. The zero-order valence-corrected chi connectivity index (χ0v) is 13.5. The molecule has 0 aliphatic rings. The summed E-state index contributed by atoms with van der Waals surface area (Å²) in [5, 5.41) is 9.11. The maximum Gasteiger partial charge on any atom is 0.347 e. The van der Waals surface area contributed by atoms with E-state index in [0.717, 1.165) is 5.56 Å². The van der Waals surface area contributed by atoms with Crippen LogP contribution in [0.25, 0.3) is 0 Å². The van der Waals surface area contributed by atoms with E-state index in [1.165, 1.54) is 19.4 Å². The predicted molar refractivity (Wildman–Crippen MR) is 87.4 cm³/mol. The summed E-state index contributed by atoms with van der Waals surface area (Å²) in [6.45, 7) is 7.41. The second kappa shape index (κ2) is 5.84. The van der Waals surface area contributed by atoms with Crippen LogP contribution < -0.4 is 4.74 Å². The number of carboxylic acid groups (broad SMARTS) is 1. The van der Waals surface area contributed by atoms with Crippen molar-refractivity contribution in [1.29, 1.82) is 0 Å². The van der Waals surface area contributed by atoms with Crippen LogP contribution in [0.3, 0.4) is 0 Å². The summed E-state index contributed by atoms with van der Waals surface area (Å²) >= 11 is 0. The Bertz CT molecular complexity index is 640. The molecule has 0 spiro atoms. The van der Waals surface area contributed by atoms with Crippen molar-refractivity contribution in [3.05, 3.63) is 65.7 Å². The van der Waals surface area contributed by atoms with Crippen LogP contribution >= 0.6 is 0 Å². The number of hydrogen-bond donors (Lipinski definition) is 1. The van der Waals surface area contributed by atoms with Crippen LogP contribution in [0.5, 0.6) is 5.75 Å². The van der Waals surface area contributed by atoms with E-state index in [4.69, 9.17) is 9.84 Å². The van der Waals surface area contributed by atoms with Gasteiger partial charge < -0.3 is 9.84 Å². The second-order valence-corrected chi connectivity index (χ2v) is 6.43. The van der Waals surface area contributed by atoms with Gasteiger partial charge in [0.1, 0.15) is 5.75 Å². The molecule has 0 aliphatic heterocycles. The van der Waals surface area contributed by atoms with E-state index >= 15 is 0 Å². The molecule has 3 heteroatoms. The van der Waals surface area contributed by atoms with Crippen LogP contribution in [0.4, 0.5) is 0 Å². The third-order valence-electron chi connectivity index (χ3n) is 3.96. The molecule has 0 aromatic heterocycles. The number of aliphatic carboxylic acids is 1. The molecular formula is C19H22O3. The van der Waals surface area contributed by atoms with Crippen LogP contribution in [0.2, 0.25) is 0 Å². The van der Waals surface area contributed by atoms with E-state index in [-0.39, 0.29) is 5.41 Å². The summed E-state index contributed by atoms with van der Waals surface area (Å²) < 4.78 is 5.54. The molecular weight excluding hydrogens is 276 g/mol. The monoisotopic (exact) mass is 298 g/mol. The van der Waals surface area contributed by atoms with Gasteiger partial charge in [-0.05, 0) is 37.1 Å². The summed E-state index contributed by atoms with van der Waals surface area (Å²) in [5.74, 6) is -0.429. The molecule has 0 fully saturated rings. The van der Waals surface area contributed by atoms with Gasteiger partial charge in [-0.2, -0.15) is 0 Å². The summed E-state index contributed by atoms with van der Waals surface area (Å²) in [5.41, 5.74) is 1.02. The zero-order chi connectivity index (χ0) is 16.4. The largest absolute Gasteiger partial charge is 0.478 e. The maximum absolute atomic E-state index is 11.1. The molecule has 0 amide bonds. The fourth-order valence-electron chi connectivity index (χ4n) is 2.30. The smallest absolute Gasteiger partial charge is 0.347 e. The molecule has 2 rings (SSSR count). The molecule has 22 heavy (non-hydrogen) atoms. The lowest BCUT2D eigenvalue weighted by molar-refractivity contribution is -0.152. The number of carboxylic acids is 1. The van der Waals surface area contributed by atoms with Crippen molar-refractivity contribution in [2.75, 3.05) is 0 Å². The minimum atomic E-state index is -1.24. The van der Waals surface area contributed by atoms with Crippen molar-refractivity contribution in [2.45, 2.75) is 38.7 Å². The normalized spacial score (nSPS) is 12.0. The van der Waals surface area contributed by atoms with Gasteiger partial charge in [-0.1, -0.05) is 56.3 Å². The molecule has 3 nitrogen and oxygen atoms in total. The lowest BCUT2D eigenvalue weighted by Crippen LogP contribution is -2.37. The molecule has 0 saturated carbocycles. The van der Waals surface area contributed by atoms with E-state index in [9.17, 15) is 4.79 Å². The first-order valence-electron chi connectivity index (χ1n) is 7.32. The van der Waals surface area contributed by atoms with Gasteiger partial charge in [0.2, 0.25) is 0 Å². The van der Waals surface area contributed by atoms with Crippen molar-refractivity contribution in [3.63, 3.8) is 0 Å². The standard InChI is InChI=1S/C19H22O3/c1-18(2,14-8-6-5-7-9-14)15-10-12-16(13-11-15)22-19(3,4)17(20)21/h5-13H,1-4H3,(H,20,21). The average Bonchev–Trinajstić information content (AvgIpc) is 2.48. The molecule has 0 radical (unpaired) electrons. The van der Waals surface area contributed by atoms with E-state index in [2.05, 4.69) is 26.0 Å². The summed E-state index contributed by atoms with van der Waals surface area (Å²) in [7, 11) is 0. The molecule has 2 aromatic carbocycles. The Labute approximate surface area is 131 Å². The third-order valence-corrected chi connectivity index (χ3v) is 3.96. The molecule has 1 N–H and O–H groups in total. The van der Waals surface area contributed by atoms with E-state index < -0.39 is 11.6 Å². The summed E-state index contributed by atoms with van der Waals surface area (Å²) in [6, 6.07) is 17.9. The molecule has 116 valence electrons. The first-order chi connectivity index (χ1) is 10.2. The molecule has 0 bridgehead atoms. The highest BCUT2D eigenvalue weighted by Gasteiger charge is 2.29. The topological polar surface area (TPSA) is 46.5 Å². The Kier molecular flexibility index (Phi) is 4.27. The van der Waals surface area contributed by atoms with E-state index in [1.54, 1.807) is 0 Å². The van der Waals surface area contributed by atoms with Crippen molar-refractivity contribution in [1.82, 2.24) is 0 Å². The summed E-state index contributed by atoms with van der Waals surface area (Å²) in [6.07, 6.45) is 0. The van der Waals surface area contributed by atoms with Gasteiger partial charge in [0.15, 0.2) is 5.60 Å². The average molecular weight is 298 g/mol. The van der Waals surface area contributed by atoms with Gasteiger partial charge in [-0.3, -0.25) is 0 Å². The lowest BCUT2D eigenvalue weighted by atomic mass is 9.78. The predicted octanol–water partition coefficient (Wildman–Crippen LogP) is 4.25. The van der Waals surface area contributed by atoms with Crippen molar-refractivity contribution >= 4 is 5.97 Å². The number of benzene rings is 2. The molecule has 0 heterocycles. The van der Waals surface area contributed by atoms with Gasteiger partial charge in [-0.15, -0.1) is 0 Å². The fraction of sp³-hybridized carbons (Fsp3) is 0.316. The Morgan fingerprint density at radius 2 is 1.36 bits per heavy atom. The summed E-state index contributed by atoms with van der Waals surface area (Å²) in [4.78, 5) is 11.1. The fourth-order valence-corrected chi connectivity index (χ4v) is 2.30. The SMILES string of the molecule is CC(C)(Oc1ccc(C(C)(C)c2ccccc2)cc1)C(=O)O. The highest BCUT2D eigenvalue weighted by molar-refractivity contribution is 5.76. The van der Waals surface area contributed by atoms with Crippen LogP contribution in [0.15, 0.2) is 54.6 Å². The quantitative estimate of drug-likeness (QED) is 0.897. The Hall–Kier alpha value is -2.29. The van der Waals surface area contributed by atoms with Gasteiger partial charge in [0, 0.05) is 5.41 Å². The minimum Gasteiger partial charge on any atom is -0.478 e. The number of ether oxygens (including phenoxy) is 1.